The number of rotatable bonds is 5. The Labute approximate surface area is 151 Å². The summed E-state index contributed by atoms with van der Waals surface area (Å²) in [6.07, 6.45) is 1.64. The van der Waals surface area contributed by atoms with Gasteiger partial charge in [-0.25, -0.2) is 12.7 Å². The van der Waals surface area contributed by atoms with E-state index in [0.29, 0.717) is 23.8 Å². The molecule has 1 N–H and O–H groups in total. The number of aromatic nitrogens is 2. The molecule has 1 atom stereocenters. The van der Waals surface area contributed by atoms with Crippen molar-refractivity contribution in [1.29, 1.82) is 0 Å². The summed E-state index contributed by atoms with van der Waals surface area (Å²) in [6, 6.07) is 9.15. The van der Waals surface area contributed by atoms with E-state index in [9.17, 15) is 13.2 Å². The lowest BCUT2D eigenvalue weighted by Crippen LogP contribution is -2.39. The molecule has 134 valence electrons. The lowest BCUT2D eigenvalue weighted by molar-refractivity contribution is 0.102. The summed E-state index contributed by atoms with van der Waals surface area (Å²) in [5.74, 6) is -0.213. The maximum atomic E-state index is 12.3. The number of sulfonamides is 1. The number of carbonyl (C=O) groups excluding carboxylic acids is 1. The number of nitrogens with one attached hydrogen (secondary N) is 1. The maximum absolute atomic E-state index is 12.3. The molecule has 9 heteroatoms. The van der Waals surface area contributed by atoms with Gasteiger partial charge in [0, 0.05) is 24.7 Å². The summed E-state index contributed by atoms with van der Waals surface area (Å²) < 4.78 is 25.7. The molecule has 1 amide bonds. The van der Waals surface area contributed by atoms with Crippen LogP contribution in [0, 0.1) is 0 Å². The van der Waals surface area contributed by atoms with Gasteiger partial charge in [0.15, 0.2) is 0 Å². The largest absolute Gasteiger partial charge is 0.320 e. The van der Waals surface area contributed by atoms with E-state index in [1.165, 1.54) is 15.6 Å². The molecule has 2 aromatic rings. The average Bonchev–Trinajstić information content (AvgIpc) is 3.13. The van der Waals surface area contributed by atoms with Gasteiger partial charge in [-0.3, -0.25) is 4.79 Å². The summed E-state index contributed by atoms with van der Waals surface area (Å²) >= 11 is 1.23. The number of piperidine rings is 1. The van der Waals surface area contributed by atoms with Gasteiger partial charge in [-0.05, 0) is 31.9 Å². The molecule has 0 aliphatic carbocycles. The predicted octanol–water partition coefficient (Wildman–Crippen LogP) is 2.32. The van der Waals surface area contributed by atoms with Crippen molar-refractivity contribution in [3.05, 3.63) is 40.3 Å². The highest BCUT2D eigenvalue weighted by Crippen LogP contribution is 2.30. The molecule has 0 spiro atoms. The van der Waals surface area contributed by atoms with Gasteiger partial charge >= 0.3 is 0 Å². The number of nitrogens with zero attached hydrogens (tertiary/aromatic N) is 3. The van der Waals surface area contributed by atoms with E-state index in [1.807, 2.05) is 18.2 Å². The second-order valence-electron chi connectivity index (χ2n) is 5.86. The Hall–Kier alpha value is -1.84. The van der Waals surface area contributed by atoms with E-state index in [2.05, 4.69) is 15.5 Å². The maximum Gasteiger partial charge on any atom is 0.286 e. The Morgan fingerprint density at radius 3 is 2.80 bits per heavy atom. The fourth-order valence-corrected chi connectivity index (χ4v) is 4.82. The van der Waals surface area contributed by atoms with E-state index in [0.717, 1.165) is 12.8 Å². The standard InChI is InChI=1S/C16H20N4O3S2/c1-2-25(22,23)20-10-6-7-12(11-20)15-18-19-16(24-15)14(21)17-13-8-4-3-5-9-13/h3-5,8-9,12H,2,6-7,10-11H2,1H3,(H,17,21)/t12-/m0/s1. The molecule has 1 aliphatic rings. The van der Waals surface area contributed by atoms with E-state index >= 15 is 0 Å². The average molecular weight is 380 g/mol. The van der Waals surface area contributed by atoms with E-state index < -0.39 is 10.0 Å². The first kappa shape index (κ1) is 18.0. The lowest BCUT2D eigenvalue weighted by Gasteiger charge is -2.30. The monoisotopic (exact) mass is 380 g/mol. The molecule has 2 heterocycles. The van der Waals surface area contributed by atoms with Crippen molar-refractivity contribution in [2.45, 2.75) is 25.7 Å². The topological polar surface area (TPSA) is 92.3 Å². The van der Waals surface area contributed by atoms with Crippen molar-refractivity contribution in [2.75, 3.05) is 24.2 Å². The Morgan fingerprint density at radius 1 is 1.32 bits per heavy atom. The van der Waals surface area contributed by atoms with Crippen molar-refractivity contribution in [3.63, 3.8) is 0 Å². The van der Waals surface area contributed by atoms with Crippen LogP contribution in [0.5, 0.6) is 0 Å². The molecule has 0 radical (unpaired) electrons. The molecule has 1 aromatic heterocycles. The van der Waals surface area contributed by atoms with Crippen LogP contribution < -0.4 is 5.32 Å². The first-order valence-electron chi connectivity index (χ1n) is 8.17. The van der Waals surface area contributed by atoms with E-state index in [4.69, 9.17) is 0 Å². The van der Waals surface area contributed by atoms with Crippen molar-refractivity contribution >= 4 is 33.0 Å². The van der Waals surface area contributed by atoms with Crippen molar-refractivity contribution in [3.8, 4) is 0 Å². The number of hydrogen-bond acceptors (Lipinski definition) is 6. The van der Waals surface area contributed by atoms with Gasteiger partial charge < -0.3 is 5.32 Å². The van der Waals surface area contributed by atoms with Gasteiger partial charge in [0.1, 0.15) is 5.01 Å². The molecule has 1 aromatic carbocycles. The van der Waals surface area contributed by atoms with Crippen LogP contribution in [-0.4, -0.2) is 47.7 Å². The summed E-state index contributed by atoms with van der Waals surface area (Å²) in [7, 11) is -3.20. The first-order valence-corrected chi connectivity index (χ1v) is 10.6. The minimum Gasteiger partial charge on any atom is -0.320 e. The zero-order valence-electron chi connectivity index (χ0n) is 13.9. The van der Waals surface area contributed by atoms with Crippen LogP contribution in [0.1, 0.15) is 40.5 Å². The second-order valence-corrected chi connectivity index (χ2v) is 9.13. The van der Waals surface area contributed by atoms with Crippen LogP contribution in [0.15, 0.2) is 30.3 Å². The molecular weight excluding hydrogens is 360 g/mol. The number of benzene rings is 1. The van der Waals surface area contributed by atoms with Crippen LogP contribution in [-0.2, 0) is 10.0 Å². The normalized spacial score (nSPS) is 18.8. The Bertz CT molecular complexity index is 836. The van der Waals surface area contributed by atoms with Gasteiger partial charge in [-0.2, -0.15) is 0 Å². The van der Waals surface area contributed by atoms with Gasteiger partial charge in [-0.1, -0.05) is 29.5 Å². The van der Waals surface area contributed by atoms with Gasteiger partial charge in [0.2, 0.25) is 15.0 Å². The smallest absolute Gasteiger partial charge is 0.286 e. The number of carbonyl (C=O) groups is 1. The number of anilines is 1. The van der Waals surface area contributed by atoms with Crippen molar-refractivity contribution in [1.82, 2.24) is 14.5 Å². The summed E-state index contributed by atoms with van der Waals surface area (Å²) in [6.45, 7) is 2.61. The third-order valence-corrected chi connectivity index (χ3v) is 7.09. The quantitative estimate of drug-likeness (QED) is 0.859. The Morgan fingerprint density at radius 2 is 2.08 bits per heavy atom. The van der Waals surface area contributed by atoms with Crippen LogP contribution in [0.4, 0.5) is 5.69 Å². The molecule has 1 saturated heterocycles. The minimum absolute atomic E-state index is 0.00847. The van der Waals surface area contributed by atoms with Crippen LogP contribution in [0.2, 0.25) is 0 Å². The summed E-state index contributed by atoms with van der Waals surface area (Å²) in [4.78, 5) is 12.3. The summed E-state index contributed by atoms with van der Waals surface area (Å²) in [5, 5.41) is 11.9. The highest BCUT2D eigenvalue weighted by Gasteiger charge is 2.30. The minimum atomic E-state index is -3.20. The van der Waals surface area contributed by atoms with E-state index in [1.54, 1.807) is 19.1 Å². The Kier molecular flexibility index (Phi) is 5.45. The zero-order chi connectivity index (χ0) is 17.9. The molecule has 7 nitrogen and oxygen atoms in total. The van der Waals surface area contributed by atoms with E-state index in [-0.39, 0.29) is 22.6 Å². The lowest BCUT2D eigenvalue weighted by atomic mass is 10.0. The molecule has 3 rings (SSSR count). The molecule has 1 aliphatic heterocycles. The third kappa shape index (κ3) is 4.23. The first-order chi connectivity index (χ1) is 12.0. The van der Waals surface area contributed by atoms with Crippen LogP contribution >= 0.6 is 11.3 Å². The summed E-state index contributed by atoms with van der Waals surface area (Å²) in [5.41, 5.74) is 0.696. The third-order valence-electron chi connectivity index (χ3n) is 4.16. The van der Waals surface area contributed by atoms with Gasteiger partial charge in [0.25, 0.3) is 5.91 Å². The van der Waals surface area contributed by atoms with Crippen LogP contribution in [0.25, 0.3) is 0 Å². The SMILES string of the molecule is CCS(=O)(=O)N1CCC[C@H](c2nnc(C(=O)Nc3ccccc3)s2)C1. The molecule has 0 saturated carbocycles. The second kappa shape index (κ2) is 7.59. The molecular formula is C16H20N4O3S2. The Balaban J connectivity index is 1.69. The zero-order valence-corrected chi connectivity index (χ0v) is 15.5. The molecule has 1 fully saturated rings. The highest BCUT2D eigenvalue weighted by atomic mass is 32.2. The molecule has 0 unspecified atom stereocenters. The number of amides is 1. The van der Waals surface area contributed by atoms with Crippen molar-refractivity contribution in [2.24, 2.45) is 0 Å². The van der Waals surface area contributed by atoms with Crippen LogP contribution in [0.3, 0.4) is 0 Å². The number of para-hydroxylation sites is 1. The van der Waals surface area contributed by atoms with Crippen molar-refractivity contribution < 1.29 is 13.2 Å². The molecule has 0 bridgehead atoms. The highest BCUT2D eigenvalue weighted by molar-refractivity contribution is 7.89. The van der Waals surface area contributed by atoms with Gasteiger partial charge in [-0.15, -0.1) is 10.2 Å². The molecule has 25 heavy (non-hydrogen) atoms. The fraction of sp³-hybridized carbons (Fsp3) is 0.438. The van der Waals surface area contributed by atoms with Gasteiger partial charge in [0.05, 0.1) is 5.75 Å². The predicted molar refractivity (Wildman–Crippen MR) is 97.3 cm³/mol. The number of hydrogen-bond donors (Lipinski definition) is 1. The fourth-order valence-electron chi connectivity index (χ4n) is 2.78.